The van der Waals surface area contributed by atoms with Crippen LogP contribution in [0.4, 0.5) is 10.7 Å². The Bertz CT molecular complexity index is 619. The zero-order valence-electron chi connectivity index (χ0n) is 11.3. The number of carbonyl (C=O) groups is 1. The first kappa shape index (κ1) is 13.2. The molecule has 0 aliphatic heterocycles. The monoisotopic (exact) mass is 286 g/mol. The van der Waals surface area contributed by atoms with E-state index in [1.165, 1.54) is 23.3 Å². The van der Waals surface area contributed by atoms with E-state index in [-0.39, 0.29) is 5.91 Å². The topological polar surface area (TPSA) is 55.1 Å². The van der Waals surface area contributed by atoms with Gasteiger partial charge in [0.25, 0.3) is 5.91 Å². The summed E-state index contributed by atoms with van der Waals surface area (Å²) in [4.78, 5) is 13.8. The molecule has 0 unspecified atom stereocenters. The Balaban J connectivity index is 1.90. The van der Waals surface area contributed by atoms with Crippen LogP contribution in [0.3, 0.4) is 0 Å². The molecule has 1 amide bonds. The third-order valence-corrected chi connectivity index (χ3v) is 4.83. The molecule has 2 aromatic rings. The third-order valence-electron chi connectivity index (χ3n) is 3.71. The van der Waals surface area contributed by atoms with E-state index < -0.39 is 0 Å². The smallest absolute Gasteiger partial charge is 0.258 e. The summed E-state index contributed by atoms with van der Waals surface area (Å²) in [5.74, 6) is -0.0758. The number of benzene rings is 1. The molecule has 1 aromatic heterocycles. The SMILES string of the molecule is Nc1sc2c(c1C(=O)Nc1ccccc1)CCCCC2. The fourth-order valence-electron chi connectivity index (χ4n) is 2.73. The standard InChI is InChI=1S/C16H18N2OS/c17-15-14(12-9-5-2-6-10-13(12)20-15)16(19)18-11-7-3-1-4-8-11/h1,3-4,7-8H,2,5-6,9-10,17H2,(H,18,19). The number of carbonyl (C=O) groups excluding carboxylic acids is 1. The van der Waals surface area contributed by atoms with Crippen LogP contribution in [0.1, 0.15) is 40.1 Å². The van der Waals surface area contributed by atoms with Crippen molar-refractivity contribution in [3.8, 4) is 0 Å². The Hall–Kier alpha value is -1.81. The lowest BCUT2D eigenvalue weighted by atomic mass is 10.0. The summed E-state index contributed by atoms with van der Waals surface area (Å²) in [6.45, 7) is 0. The average molecular weight is 286 g/mol. The van der Waals surface area contributed by atoms with Crippen LogP contribution in [-0.2, 0) is 12.8 Å². The van der Waals surface area contributed by atoms with Crippen molar-refractivity contribution in [2.45, 2.75) is 32.1 Å². The number of hydrogen-bond acceptors (Lipinski definition) is 3. The molecule has 3 nitrogen and oxygen atoms in total. The second-order valence-corrected chi connectivity index (χ2v) is 6.26. The fraction of sp³-hybridized carbons (Fsp3) is 0.312. The maximum atomic E-state index is 12.5. The molecule has 4 heteroatoms. The maximum absolute atomic E-state index is 12.5. The third kappa shape index (κ3) is 2.56. The van der Waals surface area contributed by atoms with Crippen molar-refractivity contribution in [3.63, 3.8) is 0 Å². The predicted molar refractivity (Wildman–Crippen MR) is 84.4 cm³/mol. The van der Waals surface area contributed by atoms with Gasteiger partial charge in [-0.2, -0.15) is 0 Å². The van der Waals surface area contributed by atoms with E-state index in [1.807, 2.05) is 30.3 Å². The van der Waals surface area contributed by atoms with Crippen molar-refractivity contribution in [2.24, 2.45) is 0 Å². The summed E-state index contributed by atoms with van der Waals surface area (Å²) < 4.78 is 0. The molecule has 1 aliphatic rings. The summed E-state index contributed by atoms with van der Waals surface area (Å²) in [5.41, 5.74) is 8.78. The number of para-hydroxylation sites is 1. The molecule has 0 atom stereocenters. The Kier molecular flexibility index (Phi) is 3.74. The highest BCUT2D eigenvalue weighted by Gasteiger charge is 2.23. The molecule has 3 rings (SSSR count). The van der Waals surface area contributed by atoms with Crippen LogP contribution in [0.5, 0.6) is 0 Å². The van der Waals surface area contributed by atoms with Gasteiger partial charge in [-0.25, -0.2) is 0 Å². The number of nitrogens with two attached hydrogens (primary N) is 1. The fourth-order valence-corrected chi connectivity index (χ4v) is 3.89. The van der Waals surface area contributed by atoms with Crippen molar-refractivity contribution in [1.29, 1.82) is 0 Å². The molecule has 3 N–H and O–H groups in total. The molecule has 0 fully saturated rings. The normalized spacial score (nSPS) is 14.4. The number of hydrogen-bond donors (Lipinski definition) is 2. The lowest BCUT2D eigenvalue weighted by Crippen LogP contribution is -2.14. The highest BCUT2D eigenvalue weighted by Crippen LogP contribution is 2.35. The van der Waals surface area contributed by atoms with Crippen LogP contribution in [0.2, 0.25) is 0 Å². The Morgan fingerprint density at radius 1 is 1.10 bits per heavy atom. The first-order valence-corrected chi connectivity index (χ1v) is 7.84. The summed E-state index contributed by atoms with van der Waals surface area (Å²) in [7, 11) is 0. The summed E-state index contributed by atoms with van der Waals surface area (Å²) in [5, 5.41) is 3.60. The van der Waals surface area contributed by atoms with Gasteiger partial charge in [-0.15, -0.1) is 11.3 Å². The Labute approximate surface area is 122 Å². The minimum absolute atomic E-state index is 0.0758. The summed E-state index contributed by atoms with van der Waals surface area (Å²) in [6.07, 6.45) is 5.62. The second-order valence-electron chi connectivity index (χ2n) is 5.12. The van der Waals surface area contributed by atoms with Crippen LogP contribution in [0.25, 0.3) is 0 Å². The van der Waals surface area contributed by atoms with Crippen molar-refractivity contribution in [1.82, 2.24) is 0 Å². The molecule has 104 valence electrons. The number of nitrogen functional groups attached to an aromatic ring is 1. The largest absolute Gasteiger partial charge is 0.390 e. The summed E-state index contributed by atoms with van der Waals surface area (Å²) >= 11 is 1.59. The van der Waals surface area contributed by atoms with E-state index in [4.69, 9.17) is 5.73 Å². The number of fused-ring (bicyclic) bond motifs is 1. The molecule has 1 aromatic carbocycles. The van der Waals surface area contributed by atoms with E-state index in [1.54, 1.807) is 11.3 Å². The molecule has 0 radical (unpaired) electrons. The van der Waals surface area contributed by atoms with Gasteiger partial charge in [0.2, 0.25) is 0 Å². The number of anilines is 2. The number of aryl methyl sites for hydroxylation is 1. The number of rotatable bonds is 2. The highest BCUT2D eigenvalue weighted by atomic mass is 32.1. The number of amides is 1. The zero-order chi connectivity index (χ0) is 13.9. The molecule has 0 bridgehead atoms. The molecule has 1 heterocycles. The first-order chi connectivity index (χ1) is 9.75. The molecule has 0 saturated heterocycles. The molecule has 0 spiro atoms. The molecular formula is C16H18N2OS. The van der Waals surface area contributed by atoms with E-state index in [2.05, 4.69) is 5.32 Å². The van der Waals surface area contributed by atoms with Gasteiger partial charge in [-0.1, -0.05) is 24.6 Å². The number of nitrogens with one attached hydrogen (secondary N) is 1. The van der Waals surface area contributed by atoms with Crippen LogP contribution in [0, 0.1) is 0 Å². The van der Waals surface area contributed by atoms with Gasteiger partial charge in [-0.05, 0) is 43.4 Å². The van der Waals surface area contributed by atoms with Gasteiger partial charge < -0.3 is 11.1 Å². The minimum Gasteiger partial charge on any atom is -0.390 e. The lowest BCUT2D eigenvalue weighted by molar-refractivity contribution is 0.102. The molecule has 20 heavy (non-hydrogen) atoms. The van der Waals surface area contributed by atoms with E-state index in [0.29, 0.717) is 10.6 Å². The van der Waals surface area contributed by atoms with Crippen molar-refractivity contribution in [2.75, 3.05) is 11.1 Å². The average Bonchev–Trinajstić information content (AvgIpc) is 2.60. The zero-order valence-corrected chi connectivity index (χ0v) is 12.1. The van der Waals surface area contributed by atoms with Gasteiger partial charge in [0.15, 0.2) is 0 Å². The van der Waals surface area contributed by atoms with Gasteiger partial charge in [-0.3, -0.25) is 4.79 Å². The minimum atomic E-state index is -0.0758. The number of thiophene rings is 1. The van der Waals surface area contributed by atoms with Crippen LogP contribution in [-0.4, -0.2) is 5.91 Å². The van der Waals surface area contributed by atoms with E-state index in [0.717, 1.165) is 24.9 Å². The van der Waals surface area contributed by atoms with Gasteiger partial charge >= 0.3 is 0 Å². The second kappa shape index (κ2) is 5.67. The predicted octanol–water partition coefficient (Wildman–Crippen LogP) is 3.85. The molecule has 0 saturated carbocycles. The van der Waals surface area contributed by atoms with Crippen molar-refractivity contribution >= 4 is 27.9 Å². The van der Waals surface area contributed by atoms with Gasteiger partial charge in [0.05, 0.1) is 10.6 Å². The van der Waals surface area contributed by atoms with Crippen LogP contribution in [0.15, 0.2) is 30.3 Å². The van der Waals surface area contributed by atoms with E-state index >= 15 is 0 Å². The van der Waals surface area contributed by atoms with E-state index in [9.17, 15) is 4.79 Å². The quantitative estimate of drug-likeness (QED) is 0.824. The maximum Gasteiger partial charge on any atom is 0.258 e. The molecular weight excluding hydrogens is 268 g/mol. The van der Waals surface area contributed by atoms with Gasteiger partial charge in [0.1, 0.15) is 0 Å². The van der Waals surface area contributed by atoms with Crippen LogP contribution < -0.4 is 11.1 Å². The molecule has 1 aliphatic carbocycles. The van der Waals surface area contributed by atoms with Crippen LogP contribution >= 0.6 is 11.3 Å². The van der Waals surface area contributed by atoms with Crippen molar-refractivity contribution in [3.05, 3.63) is 46.3 Å². The first-order valence-electron chi connectivity index (χ1n) is 7.02. The summed E-state index contributed by atoms with van der Waals surface area (Å²) in [6, 6.07) is 9.53. The Morgan fingerprint density at radius 3 is 2.65 bits per heavy atom. The van der Waals surface area contributed by atoms with Gasteiger partial charge in [0, 0.05) is 10.6 Å². The Morgan fingerprint density at radius 2 is 1.85 bits per heavy atom. The van der Waals surface area contributed by atoms with Crippen molar-refractivity contribution < 1.29 is 4.79 Å². The highest BCUT2D eigenvalue weighted by molar-refractivity contribution is 7.16. The lowest BCUT2D eigenvalue weighted by Gasteiger charge is -2.07.